The van der Waals surface area contributed by atoms with Crippen molar-refractivity contribution in [2.75, 3.05) is 11.9 Å². The molecule has 0 radical (unpaired) electrons. The van der Waals surface area contributed by atoms with Crippen molar-refractivity contribution < 1.29 is 18.3 Å². The molecule has 0 aliphatic carbocycles. The normalized spacial score (nSPS) is 10.6. The van der Waals surface area contributed by atoms with Crippen LogP contribution in [0.1, 0.15) is 6.92 Å². The molecular formula is C18H16F2N4O2. The van der Waals surface area contributed by atoms with Crippen LogP contribution in [0.2, 0.25) is 0 Å². The third-order valence-corrected chi connectivity index (χ3v) is 3.61. The summed E-state index contributed by atoms with van der Waals surface area (Å²) in [7, 11) is 0. The number of hydrogen-bond donors (Lipinski definition) is 1. The van der Waals surface area contributed by atoms with E-state index >= 15 is 0 Å². The van der Waals surface area contributed by atoms with E-state index in [9.17, 15) is 13.6 Å². The number of benzene rings is 2. The summed E-state index contributed by atoms with van der Waals surface area (Å²) in [5.74, 6) is -1.54. The number of carbonyl (C=O) groups is 1. The van der Waals surface area contributed by atoms with Crippen molar-refractivity contribution in [1.29, 1.82) is 0 Å². The van der Waals surface area contributed by atoms with Crippen molar-refractivity contribution in [3.05, 3.63) is 60.4 Å². The summed E-state index contributed by atoms with van der Waals surface area (Å²) in [5.41, 5.74) is 1.34. The van der Waals surface area contributed by atoms with Gasteiger partial charge < -0.3 is 14.6 Å². The second-order valence-electron chi connectivity index (χ2n) is 5.43. The molecular weight excluding hydrogens is 342 g/mol. The average Bonchev–Trinajstić information content (AvgIpc) is 3.10. The Kier molecular flexibility index (Phi) is 5.21. The molecule has 2 aromatic carbocycles. The maximum absolute atomic E-state index is 13.5. The van der Waals surface area contributed by atoms with E-state index in [0.29, 0.717) is 17.6 Å². The van der Waals surface area contributed by atoms with Crippen LogP contribution in [-0.2, 0) is 11.3 Å². The Morgan fingerprint density at radius 1 is 1.23 bits per heavy atom. The second-order valence-corrected chi connectivity index (χ2v) is 5.43. The Bertz CT molecular complexity index is 927. The molecule has 0 saturated heterocycles. The highest BCUT2D eigenvalue weighted by Gasteiger charge is 2.10. The summed E-state index contributed by atoms with van der Waals surface area (Å²) in [6, 6.07) is 10.00. The number of ether oxygens (including phenoxy) is 1. The van der Waals surface area contributed by atoms with Crippen LogP contribution < -0.4 is 10.1 Å². The fourth-order valence-electron chi connectivity index (χ4n) is 2.38. The maximum Gasteiger partial charge on any atom is 0.262 e. The molecule has 6 nitrogen and oxygen atoms in total. The molecule has 1 N–H and O–H groups in total. The number of rotatable bonds is 6. The van der Waals surface area contributed by atoms with E-state index in [1.807, 2.05) is 17.6 Å². The van der Waals surface area contributed by atoms with Gasteiger partial charge in [0, 0.05) is 23.9 Å². The third-order valence-electron chi connectivity index (χ3n) is 3.61. The Morgan fingerprint density at radius 3 is 2.85 bits per heavy atom. The van der Waals surface area contributed by atoms with Crippen molar-refractivity contribution in [2.45, 2.75) is 13.5 Å². The van der Waals surface area contributed by atoms with E-state index in [1.54, 1.807) is 24.5 Å². The molecule has 1 amide bonds. The van der Waals surface area contributed by atoms with Crippen molar-refractivity contribution in [3.8, 4) is 17.1 Å². The number of halogens is 2. The lowest BCUT2D eigenvalue weighted by Crippen LogP contribution is -2.20. The molecule has 3 aromatic rings. The molecule has 0 bridgehead atoms. The van der Waals surface area contributed by atoms with Crippen LogP contribution >= 0.6 is 0 Å². The molecule has 0 aliphatic heterocycles. The van der Waals surface area contributed by atoms with Gasteiger partial charge in [-0.3, -0.25) is 4.79 Å². The Balaban J connectivity index is 1.65. The van der Waals surface area contributed by atoms with Gasteiger partial charge in [-0.25, -0.2) is 8.78 Å². The van der Waals surface area contributed by atoms with Gasteiger partial charge >= 0.3 is 0 Å². The first-order valence-electron chi connectivity index (χ1n) is 7.92. The number of anilines is 1. The van der Waals surface area contributed by atoms with E-state index < -0.39 is 24.1 Å². The van der Waals surface area contributed by atoms with Gasteiger partial charge in [-0.15, -0.1) is 10.2 Å². The molecule has 134 valence electrons. The number of nitrogens with zero attached hydrogens (tertiary/aromatic N) is 3. The monoisotopic (exact) mass is 358 g/mol. The Morgan fingerprint density at radius 2 is 2.08 bits per heavy atom. The zero-order valence-corrected chi connectivity index (χ0v) is 13.9. The smallest absolute Gasteiger partial charge is 0.262 e. The summed E-state index contributed by atoms with van der Waals surface area (Å²) in [5, 5.41) is 10.6. The summed E-state index contributed by atoms with van der Waals surface area (Å²) in [4.78, 5) is 12.0. The van der Waals surface area contributed by atoms with E-state index in [2.05, 4.69) is 15.5 Å². The predicted octanol–water partition coefficient (Wildman–Crippen LogP) is 3.26. The maximum atomic E-state index is 13.5. The first-order valence-corrected chi connectivity index (χ1v) is 7.92. The van der Waals surface area contributed by atoms with Gasteiger partial charge in [-0.05, 0) is 31.2 Å². The molecule has 0 fully saturated rings. The summed E-state index contributed by atoms with van der Waals surface area (Å²) < 4.78 is 33.3. The number of nitrogens with one attached hydrogen (secondary N) is 1. The molecule has 1 aromatic heterocycles. The van der Waals surface area contributed by atoms with Gasteiger partial charge in [0.1, 0.15) is 12.1 Å². The topological polar surface area (TPSA) is 69.0 Å². The van der Waals surface area contributed by atoms with Gasteiger partial charge in [0.15, 0.2) is 24.0 Å². The molecule has 0 saturated carbocycles. The lowest BCUT2D eigenvalue weighted by Gasteiger charge is -2.09. The number of amides is 1. The van der Waals surface area contributed by atoms with Gasteiger partial charge in [-0.2, -0.15) is 0 Å². The Labute approximate surface area is 148 Å². The SMILES string of the molecule is CCn1cnnc1-c1cccc(NC(=O)COc2ccc(F)cc2F)c1. The van der Waals surface area contributed by atoms with Gasteiger partial charge in [-0.1, -0.05) is 12.1 Å². The number of aromatic nitrogens is 3. The van der Waals surface area contributed by atoms with Crippen molar-refractivity contribution >= 4 is 11.6 Å². The van der Waals surface area contributed by atoms with Crippen molar-refractivity contribution in [1.82, 2.24) is 14.8 Å². The minimum Gasteiger partial charge on any atom is -0.481 e. The van der Waals surface area contributed by atoms with Crippen molar-refractivity contribution in [2.24, 2.45) is 0 Å². The Hall–Kier alpha value is -3.29. The summed E-state index contributed by atoms with van der Waals surface area (Å²) in [6.45, 7) is 2.29. The average molecular weight is 358 g/mol. The van der Waals surface area contributed by atoms with Crippen LogP contribution in [0.15, 0.2) is 48.8 Å². The highest BCUT2D eigenvalue weighted by atomic mass is 19.1. The minimum atomic E-state index is -0.862. The number of aryl methyl sites for hydroxylation is 1. The van der Waals surface area contributed by atoms with Gasteiger partial charge in [0.25, 0.3) is 5.91 Å². The largest absolute Gasteiger partial charge is 0.481 e. The molecule has 0 aliphatic rings. The fraction of sp³-hybridized carbons (Fsp3) is 0.167. The van der Waals surface area contributed by atoms with E-state index in [4.69, 9.17) is 4.74 Å². The molecule has 8 heteroatoms. The minimum absolute atomic E-state index is 0.189. The molecule has 1 heterocycles. The first-order chi connectivity index (χ1) is 12.6. The van der Waals surface area contributed by atoms with E-state index in [1.165, 1.54) is 0 Å². The van der Waals surface area contributed by atoms with Crippen LogP contribution in [-0.4, -0.2) is 27.3 Å². The summed E-state index contributed by atoms with van der Waals surface area (Å²) >= 11 is 0. The van der Waals surface area contributed by atoms with Crippen LogP contribution in [0.4, 0.5) is 14.5 Å². The number of carbonyl (C=O) groups excluding carboxylic acids is 1. The second kappa shape index (κ2) is 7.73. The number of hydrogen-bond acceptors (Lipinski definition) is 4. The highest BCUT2D eigenvalue weighted by molar-refractivity contribution is 5.92. The third kappa shape index (κ3) is 4.02. The van der Waals surface area contributed by atoms with E-state index in [-0.39, 0.29) is 5.75 Å². The summed E-state index contributed by atoms with van der Waals surface area (Å²) in [6.07, 6.45) is 1.63. The van der Waals surface area contributed by atoms with Crippen molar-refractivity contribution in [3.63, 3.8) is 0 Å². The molecule has 0 spiro atoms. The molecule has 3 rings (SSSR count). The molecule has 26 heavy (non-hydrogen) atoms. The van der Waals surface area contributed by atoms with Crippen LogP contribution in [0.25, 0.3) is 11.4 Å². The zero-order chi connectivity index (χ0) is 18.5. The zero-order valence-electron chi connectivity index (χ0n) is 13.9. The van der Waals surface area contributed by atoms with Crippen LogP contribution in [0.3, 0.4) is 0 Å². The quantitative estimate of drug-likeness (QED) is 0.734. The first kappa shape index (κ1) is 17.5. The molecule has 0 unspecified atom stereocenters. The predicted molar refractivity (Wildman–Crippen MR) is 91.6 cm³/mol. The lowest BCUT2D eigenvalue weighted by atomic mass is 10.2. The van der Waals surface area contributed by atoms with E-state index in [0.717, 1.165) is 24.2 Å². The van der Waals surface area contributed by atoms with Gasteiger partial charge in [0.2, 0.25) is 0 Å². The highest BCUT2D eigenvalue weighted by Crippen LogP contribution is 2.21. The van der Waals surface area contributed by atoms with Crippen LogP contribution in [0.5, 0.6) is 5.75 Å². The molecule has 0 atom stereocenters. The van der Waals surface area contributed by atoms with Gasteiger partial charge in [0.05, 0.1) is 0 Å². The standard InChI is InChI=1S/C18H16F2N4O2/c1-2-24-11-21-23-18(24)12-4-3-5-14(8-12)22-17(25)10-26-16-7-6-13(19)9-15(16)20/h3-9,11H,2,10H2,1H3,(H,22,25). The fourth-order valence-corrected chi connectivity index (χ4v) is 2.38. The van der Waals surface area contributed by atoms with Crippen LogP contribution in [0, 0.1) is 11.6 Å². The lowest BCUT2D eigenvalue weighted by molar-refractivity contribution is -0.118.